The molecule has 1 aliphatic heterocycles. The van der Waals surface area contributed by atoms with Gasteiger partial charge in [-0.2, -0.15) is 10.2 Å². The van der Waals surface area contributed by atoms with Crippen LogP contribution >= 0.6 is 24.0 Å². The number of hydrogen-bond acceptors (Lipinski definition) is 6. The molecule has 1 fully saturated rings. The predicted molar refractivity (Wildman–Crippen MR) is 109 cm³/mol. The zero-order valence-electron chi connectivity index (χ0n) is 13.7. The fraction of sp³-hybridized carbons (Fsp3) is 0.0526. The second-order valence-corrected chi connectivity index (χ2v) is 7.04. The average molecular weight is 381 g/mol. The largest absolute Gasteiger partial charge is 0.507 e. The second-order valence-electron chi connectivity index (χ2n) is 5.36. The molecule has 1 aliphatic rings. The van der Waals surface area contributed by atoms with Crippen molar-refractivity contribution in [2.45, 2.75) is 0 Å². The molecule has 5 nitrogen and oxygen atoms in total. The Morgan fingerprint density at radius 3 is 2.62 bits per heavy atom. The number of benzene rings is 2. The zero-order chi connectivity index (χ0) is 18.5. The highest BCUT2D eigenvalue weighted by atomic mass is 32.2. The summed E-state index contributed by atoms with van der Waals surface area (Å²) in [6, 6.07) is 14.2. The number of thiocarbonyl (C=S) groups is 1. The lowest BCUT2D eigenvalue weighted by Crippen LogP contribution is -2.27. The summed E-state index contributed by atoms with van der Waals surface area (Å²) in [6.07, 6.45) is 3.23. The van der Waals surface area contributed by atoms with E-state index in [1.165, 1.54) is 22.7 Å². The van der Waals surface area contributed by atoms with E-state index in [9.17, 15) is 9.90 Å². The number of phenols is 1. The van der Waals surface area contributed by atoms with Crippen molar-refractivity contribution in [3.8, 4) is 5.75 Å². The molecule has 1 N–H and O–H groups in total. The summed E-state index contributed by atoms with van der Waals surface area (Å²) in [7, 11) is 0. The summed E-state index contributed by atoms with van der Waals surface area (Å²) in [4.78, 5) is 14.3. The molecule has 0 aliphatic carbocycles. The number of amides is 1. The first-order chi connectivity index (χ1) is 12.6. The third kappa shape index (κ3) is 4.07. The Kier molecular flexibility index (Phi) is 5.60. The van der Waals surface area contributed by atoms with Crippen LogP contribution in [0.3, 0.4) is 0 Å². The molecule has 0 unspecified atom stereocenters. The Morgan fingerprint density at radius 2 is 1.88 bits per heavy atom. The van der Waals surface area contributed by atoms with Crippen molar-refractivity contribution >= 4 is 51.7 Å². The molecule has 0 radical (unpaired) electrons. The number of hydrogen-bond donors (Lipinski definition) is 1. The summed E-state index contributed by atoms with van der Waals surface area (Å²) < 4.78 is 0.473. The van der Waals surface area contributed by atoms with Gasteiger partial charge in [-0.1, -0.05) is 48.3 Å². The van der Waals surface area contributed by atoms with Gasteiger partial charge in [0.15, 0.2) is 0 Å². The molecular weight excluding hydrogens is 366 g/mol. The quantitative estimate of drug-likeness (QED) is 0.335. The van der Waals surface area contributed by atoms with Gasteiger partial charge in [0, 0.05) is 12.1 Å². The lowest BCUT2D eigenvalue weighted by Gasteiger charge is -2.10. The fourth-order valence-electron chi connectivity index (χ4n) is 2.26. The third-order valence-electron chi connectivity index (χ3n) is 3.52. The highest BCUT2D eigenvalue weighted by Crippen LogP contribution is 2.35. The highest BCUT2D eigenvalue weighted by Gasteiger charge is 2.31. The number of thioether (sulfide) groups is 1. The van der Waals surface area contributed by atoms with Crippen LogP contribution in [-0.4, -0.2) is 26.8 Å². The summed E-state index contributed by atoms with van der Waals surface area (Å²) in [5.74, 6) is -0.145. The van der Waals surface area contributed by atoms with Gasteiger partial charge in [0.05, 0.1) is 16.3 Å². The number of carbonyl (C=O) groups excluding carboxylic acids is 1. The molecule has 0 spiro atoms. The van der Waals surface area contributed by atoms with Crippen molar-refractivity contribution in [3.05, 3.63) is 71.7 Å². The molecule has 2 aromatic carbocycles. The minimum Gasteiger partial charge on any atom is -0.507 e. The maximum Gasteiger partial charge on any atom is 0.266 e. The molecule has 2 aromatic rings. The third-order valence-corrected chi connectivity index (χ3v) is 4.90. The van der Waals surface area contributed by atoms with Gasteiger partial charge in [0.1, 0.15) is 10.1 Å². The molecule has 3 rings (SSSR count). The van der Waals surface area contributed by atoms with E-state index in [1.54, 1.807) is 24.3 Å². The topological polar surface area (TPSA) is 65.3 Å². The van der Waals surface area contributed by atoms with Crippen LogP contribution in [0.1, 0.15) is 5.56 Å². The van der Waals surface area contributed by atoms with Crippen LogP contribution in [-0.2, 0) is 4.79 Å². The molecule has 0 bridgehead atoms. The van der Waals surface area contributed by atoms with Crippen LogP contribution in [0, 0.1) is 0 Å². The van der Waals surface area contributed by atoms with E-state index in [1.807, 2.05) is 30.3 Å². The SMILES string of the molecule is C=CCN1C(=O)/C(=C\c2cc(N=Nc3ccccc3)ccc2O)SC1=S. The molecule has 7 heteroatoms. The van der Waals surface area contributed by atoms with E-state index in [-0.39, 0.29) is 11.7 Å². The monoisotopic (exact) mass is 381 g/mol. The maximum absolute atomic E-state index is 12.4. The van der Waals surface area contributed by atoms with Gasteiger partial charge in [-0.15, -0.1) is 6.58 Å². The van der Waals surface area contributed by atoms with Crippen molar-refractivity contribution in [2.75, 3.05) is 6.54 Å². The summed E-state index contributed by atoms with van der Waals surface area (Å²) in [5.41, 5.74) is 1.78. The summed E-state index contributed by atoms with van der Waals surface area (Å²) >= 11 is 6.41. The molecule has 1 saturated heterocycles. The average Bonchev–Trinajstić information content (AvgIpc) is 2.91. The van der Waals surface area contributed by atoms with Crippen LogP contribution < -0.4 is 0 Å². The van der Waals surface area contributed by atoms with Crippen molar-refractivity contribution in [1.29, 1.82) is 0 Å². The molecule has 0 saturated carbocycles. The lowest BCUT2D eigenvalue weighted by atomic mass is 10.1. The highest BCUT2D eigenvalue weighted by molar-refractivity contribution is 8.26. The van der Waals surface area contributed by atoms with E-state index in [0.717, 1.165) is 5.69 Å². The van der Waals surface area contributed by atoms with Crippen molar-refractivity contribution in [1.82, 2.24) is 4.90 Å². The Labute approximate surface area is 160 Å². The van der Waals surface area contributed by atoms with E-state index in [4.69, 9.17) is 12.2 Å². The Morgan fingerprint density at radius 1 is 1.15 bits per heavy atom. The smallest absolute Gasteiger partial charge is 0.266 e. The number of nitrogens with zero attached hydrogens (tertiary/aromatic N) is 3. The Hall–Kier alpha value is -2.77. The number of carbonyl (C=O) groups is 1. The molecule has 1 heterocycles. The zero-order valence-corrected chi connectivity index (χ0v) is 15.3. The van der Waals surface area contributed by atoms with Crippen molar-refractivity contribution < 1.29 is 9.90 Å². The number of phenolic OH excluding ortho intramolecular Hbond substituents is 1. The van der Waals surface area contributed by atoms with Gasteiger partial charge in [-0.25, -0.2) is 0 Å². The van der Waals surface area contributed by atoms with Gasteiger partial charge >= 0.3 is 0 Å². The number of aromatic hydroxyl groups is 1. The summed E-state index contributed by atoms with van der Waals surface area (Å²) in [5, 5.41) is 18.4. The minimum atomic E-state index is -0.199. The van der Waals surface area contributed by atoms with Crippen molar-refractivity contribution in [2.24, 2.45) is 10.2 Å². The van der Waals surface area contributed by atoms with Gasteiger partial charge in [-0.05, 0) is 36.4 Å². The summed E-state index contributed by atoms with van der Waals surface area (Å²) in [6.45, 7) is 3.99. The predicted octanol–water partition coefficient (Wildman–Crippen LogP) is 5.19. The Balaban J connectivity index is 1.87. The van der Waals surface area contributed by atoms with Crippen LogP contribution in [0.4, 0.5) is 11.4 Å². The Bertz CT molecular complexity index is 924. The molecule has 1 amide bonds. The molecule has 0 atom stereocenters. The van der Waals surface area contributed by atoms with Crippen molar-refractivity contribution in [3.63, 3.8) is 0 Å². The van der Waals surface area contributed by atoms with E-state index in [0.29, 0.717) is 27.0 Å². The standard InChI is InChI=1S/C19H15N3O2S2/c1-2-10-22-18(24)17(26-19(22)25)12-13-11-15(8-9-16(13)23)21-20-14-6-4-3-5-7-14/h2-9,11-12,23H,1,10H2/b17-12+,21-20?. The molecule has 26 heavy (non-hydrogen) atoms. The van der Waals surface area contributed by atoms with E-state index >= 15 is 0 Å². The van der Waals surface area contributed by atoms with Gasteiger partial charge in [0.25, 0.3) is 5.91 Å². The van der Waals surface area contributed by atoms with Gasteiger partial charge in [-0.3, -0.25) is 9.69 Å². The first kappa shape index (κ1) is 18.0. The lowest BCUT2D eigenvalue weighted by molar-refractivity contribution is -0.121. The molecule has 0 aromatic heterocycles. The fourth-order valence-corrected chi connectivity index (χ4v) is 3.52. The molecule has 130 valence electrons. The van der Waals surface area contributed by atoms with Crippen LogP contribution in [0.25, 0.3) is 6.08 Å². The number of rotatable bonds is 5. The van der Waals surface area contributed by atoms with Gasteiger partial charge < -0.3 is 5.11 Å². The normalized spacial score (nSPS) is 16.0. The second kappa shape index (κ2) is 8.07. The van der Waals surface area contributed by atoms with E-state index < -0.39 is 0 Å². The van der Waals surface area contributed by atoms with Crippen LogP contribution in [0.15, 0.2) is 76.3 Å². The van der Waals surface area contributed by atoms with Gasteiger partial charge in [0.2, 0.25) is 0 Å². The maximum atomic E-state index is 12.4. The van der Waals surface area contributed by atoms with Crippen LogP contribution in [0.2, 0.25) is 0 Å². The minimum absolute atomic E-state index is 0.0534. The van der Waals surface area contributed by atoms with Crippen LogP contribution in [0.5, 0.6) is 5.75 Å². The first-order valence-corrected chi connectivity index (χ1v) is 8.97. The first-order valence-electron chi connectivity index (χ1n) is 7.74. The molecular formula is C19H15N3O2S2. The van der Waals surface area contributed by atoms with E-state index in [2.05, 4.69) is 16.8 Å². The number of azo groups is 1.